The van der Waals surface area contributed by atoms with Crippen LogP contribution in [0.3, 0.4) is 0 Å². The first-order valence-electron chi connectivity index (χ1n) is 2.30. The van der Waals surface area contributed by atoms with Crippen LogP contribution < -0.4 is 0 Å². The summed E-state index contributed by atoms with van der Waals surface area (Å²) in [6.07, 6.45) is 1.03. The molecule has 0 aromatic heterocycles. The van der Waals surface area contributed by atoms with Crippen molar-refractivity contribution in [1.29, 1.82) is 0 Å². The van der Waals surface area contributed by atoms with Gasteiger partial charge in [0.1, 0.15) is 0 Å². The van der Waals surface area contributed by atoms with E-state index in [9.17, 15) is 0 Å². The predicted molar refractivity (Wildman–Crippen MR) is 33.8 cm³/mol. The Hall–Kier alpha value is 0.195. The highest BCUT2D eigenvalue weighted by molar-refractivity contribution is 7.05. The zero-order valence-corrected chi connectivity index (χ0v) is 4.44. The second kappa shape index (κ2) is 3.39. The van der Waals surface area contributed by atoms with E-state index in [0.717, 1.165) is 6.22 Å². The van der Waals surface area contributed by atoms with Crippen LogP contribution in [0.25, 0.3) is 0 Å². The maximum absolute atomic E-state index is 5.37. The molecule has 0 unspecified atom stereocenters. The summed E-state index contributed by atoms with van der Waals surface area (Å²) in [5, 5.41) is 0. The fourth-order valence-electron chi connectivity index (χ4n) is 0.372. The van der Waals surface area contributed by atoms with E-state index in [-0.39, 0.29) is 0 Å². The summed E-state index contributed by atoms with van der Waals surface area (Å²) in [6, 6.07) is 0. The van der Waals surface area contributed by atoms with Crippen molar-refractivity contribution in [1.82, 2.24) is 0 Å². The second-order valence-corrected chi connectivity index (χ2v) is 1.62. The lowest BCUT2D eigenvalue weighted by Crippen LogP contribution is -2.07. The van der Waals surface area contributed by atoms with Gasteiger partial charge in [0.15, 0.2) is 0 Å². The summed E-state index contributed by atoms with van der Waals surface area (Å²) in [5.41, 5.74) is 0. The Bertz CT molecular complexity index is 27.2. The smallest absolute Gasteiger partial charge is 0.0964 e. The van der Waals surface area contributed by atoms with Gasteiger partial charge in [0.2, 0.25) is 0 Å². The first kappa shape index (κ1) is 6.19. The molecule has 0 aliphatic carbocycles. The standard InChI is InChI=1S/C3H8B3/c1-5-3-6(2)4/h3H2,1-2H3. The number of hydrogen-bond donors (Lipinski definition) is 0. The molecule has 0 spiro atoms. The molecule has 0 saturated carbocycles. The largest absolute Gasteiger partial charge is 0.108 e. The Morgan fingerprint density at radius 2 is 2.33 bits per heavy atom. The first-order valence-corrected chi connectivity index (χ1v) is 2.30. The van der Waals surface area contributed by atoms with Gasteiger partial charge in [-0.25, -0.2) is 0 Å². The molecule has 0 aromatic carbocycles. The van der Waals surface area contributed by atoms with Crippen molar-refractivity contribution >= 4 is 21.6 Å². The molecular formula is C3H8B3. The van der Waals surface area contributed by atoms with Crippen LogP contribution >= 0.6 is 0 Å². The van der Waals surface area contributed by atoms with Crippen LogP contribution in [0.5, 0.6) is 0 Å². The fraction of sp³-hybridized carbons (Fsp3) is 1.00. The topological polar surface area (TPSA) is 0 Å². The van der Waals surface area contributed by atoms with E-state index in [1.54, 1.807) is 0 Å². The van der Waals surface area contributed by atoms with Gasteiger partial charge in [-0.15, -0.1) is 6.22 Å². The van der Waals surface area contributed by atoms with Crippen LogP contribution in [0.4, 0.5) is 0 Å². The molecule has 0 aromatic rings. The Morgan fingerprint density at radius 1 is 1.83 bits per heavy atom. The molecule has 0 saturated heterocycles. The summed E-state index contributed by atoms with van der Waals surface area (Å²) >= 11 is 0. The van der Waals surface area contributed by atoms with Crippen LogP contribution in [-0.2, 0) is 0 Å². The van der Waals surface area contributed by atoms with E-state index < -0.39 is 0 Å². The quantitative estimate of drug-likeness (QED) is 0.420. The van der Waals surface area contributed by atoms with E-state index in [1.807, 2.05) is 13.6 Å². The van der Waals surface area contributed by atoms with Crippen LogP contribution in [-0.4, -0.2) is 21.6 Å². The van der Waals surface area contributed by atoms with Crippen LogP contribution in [0.1, 0.15) is 0 Å². The highest BCUT2D eigenvalue weighted by atomic mass is 13.3. The molecule has 0 bridgehead atoms. The molecule has 0 fully saturated rings. The molecule has 0 amide bonds. The summed E-state index contributed by atoms with van der Waals surface area (Å²) in [7, 11) is 7.45. The molecule has 0 heterocycles. The van der Waals surface area contributed by atoms with Gasteiger partial charge in [0.05, 0.1) is 13.9 Å². The minimum atomic E-state index is 0.343. The molecule has 6 heavy (non-hydrogen) atoms. The Morgan fingerprint density at radius 3 is 2.33 bits per heavy atom. The van der Waals surface area contributed by atoms with E-state index in [1.165, 1.54) is 0 Å². The average molecular weight is 76.5 g/mol. The molecule has 0 aliphatic rings. The lowest BCUT2D eigenvalue weighted by Gasteiger charge is -1.90. The fourth-order valence-corrected chi connectivity index (χ4v) is 0.372. The van der Waals surface area contributed by atoms with Gasteiger partial charge < -0.3 is 0 Å². The van der Waals surface area contributed by atoms with Gasteiger partial charge in [-0.2, -0.15) is 0 Å². The van der Waals surface area contributed by atoms with Crippen molar-refractivity contribution in [3.05, 3.63) is 0 Å². The van der Waals surface area contributed by atoms with E-state index in [2.05, 4.69) is 7.28 Å². The summed E-state index contributed by atoms with van der Waals surface area (Å²) in [4.78, 5) is 0. The van der Waals surface area contributed by atoms with Gasteiger partial charge >= 0.3 is 0 Å². The SMILES string of the molecule is [B]B(C)C[B]C. The maximum Gasteiger partial charge on any atom is 0.0964 e. The van der Waals surface area contributed by atoms with E-state index >= 15 is 0 Å². The van der Waals surface area contributed by atoms with Gasteiger partial charge in [-0.3, -0.25) is 0 Å². The third-order valence-electron chi connectivity index (χ3n) is 0.607. The van der Waals surface area contributed by atoms with Gasteiger partial charge in [-0.05, 0) is 0 Å². The average Bonchev–Trinajstić information content (AvgIpc) is 1.35. The van der Waals surface area contributed by atoms with Gasteiger partial charge in [0, 0.05) is 7.74 Å². The van der Waals surface area contributed by atoms with Gasteiger partial charge in [-0.1, -0.05) is 13.6 Å². The molecule has 0 nitrogen and oxygen atoms in total. The van der Waals surface area contributed by atoms with Crippen molar-refractivity contribution in [2.45, 2.75) is 19.9 Å². The van der Waals surface area contributed by atoms with Crippen LogP contribution in [0.15, 0.2) is 0 Å². The molecular weight excluding hydrogens is 68.5 g/mol. The summed E-state index contributed by atoms with van der Waals surface area (Å²) < 4.78 is 0. The summed E-state index contributed by atoms with van der Waals surface area (Å²) in [6.45, 7) is 4.36. The second-order valence-electron chi connectivity index (χ2n) is 1.62. The molecule has 29 valence electrons. The maximum atomic E-state index is 5.37. The Labute approximate surface area is 42.4 Å². The third-order valence-corrected chi connectivity index (χ3v) is 0.607. The normalized spacial score (nSPS) is 7.67. The highest BCUT2D eigenvalue weighted by Crippen LogP contribution is 1.79. The zero-order chi connectivity index (χ0) is 4.99. The molecule has 0 atom stereocenters. The molecule has 3 radical (unpaired) electrons. The monoisotopic (exact) mass is 77.1 g/mol. The Balaban J connectivity index is 2.63. The minimum Gasteiger partial charge on any atom is -0.108 e. The van der Waals surface area contributed by atoms with Crippen LogP contribution in [0.2, 0.25) is 19.9 Å². The Kier molecular flexibility index (Phi) is 3.50. The van der Waals surface area contributed by atoms with Crippen molar-refractivity contribution in [3.8, 4) is 0 Å². The lowest BCUT2D eigenvalue weighted by molar-refractivity contribution is 1.89. The predicted octanol–water partition coefficient (Wildman–Crippen LogP) is 0.486. The molecule has 0 aliphatic heterocycles. The molecule has 0 N–H and O–H groups in total. The summed E-state index contributed by atoms with van der Waals surface area (Å²) in [5.74, 6) is 0. The van der Waals surface area contributed by atoms with Crippen LogP contribution in [0, 0.1) is 0 Å². The van der Waals surface area contributed by atoms with Gasteiger partial charge in [0.25, 0.3) is 0 Å². The van der Waals surface area contributed by atoms with Crippen molar-refractivity contribution in [2.75, 3.05) is 0 Å². The van der Waals surface area contributed by atoms with E-state index in [0.29, 0.717) is 6.60 Å². The van der Waals surface area contributed by atoms with Crippen molar-refractivity contribution in [2.24, 2.45) is 0 Å². The number of rotatable bonds is 2. The molecule has 0 rings (SSSR count). The third kappa shape index (κ3) is 4.19. The number of hydrogen-bond acceptors (Lipinski definition) is 0. The minimum absolute atomic E-state index is 0.343. The lowest BCUT2D eigenvalue weighted by atomic mass is 9.27. The van der Waals surface area contributed by atoms with Crippen molar-refractivity contribution in [3.63, 3.8) is 0 Å². The van der Waals surface area contributed by atoms with Crippen molar-refractivity contribution < 1.29 is 0 Å². The first-order chi connectivity index (χ1) is 2.77. The zero-order valence-electron chi connectivity index (χ0n) is 4.44. The van der Waals surface area contributed by atoms with E-state index in [4.69, 9.17) is 7.74 Å². The highest BCUT2D eigenvalue weighted by Gasteiger charge is 1.91. The molecule has 3 heteroatoms.